The van der Waals surface area contributed by atoms with Gasteiger partial charge in [-0.15, -0.1) is 0 Å². The van der Waals surface area contributed by atoms with Crippen molar-refractivity contribution in [1.29, 1.82) is 0 Å². The topological polar surface area (TPSA) is 72.5 Å². The van der Waals surface area contributed by atoms with E-state index in [0.717, 1.165) is 16.3 Å². The highest BCUT2D eigenvalue weighted by Crippen LogP contribution is 2.19. The summed E-state index contributed by atoms with van der Waals surface area (Å²) in [6, 6.07) is 19.4. The van der Waals surface area contributed by atoms with E-state index in [2.05, 4.69) is 4.72 Å². The Morgan fingerprint density at radius 2 is 1.67 bits per heavy atom. The molecule has 0 saturated carbocycles. The Kier molecular flexibility index (Phi) is 6.11. The van der Waals surface area contributed by atoms with E-state index >= 15 is 0 Å². The first kappa shape index (κ1) is 19.4. The van der Waals surface area contributed by atoms with Gasteiger partial charge in [-0.3, -0.25) is 4.79 Å². The summed E-state index contributed by atoms with van der Waals surface area (Å²) in [5, 5.41) is 2.55. The fourth-order valence-corrected chi connectivity index (χ4v) is 3.79. The number of carbonyl (C=O) groups excluding carboxylic acids is 1. The minimum Gasteiger partial charge on any atom is -0.461 e. The summed E-state index contributed by atoms with van der Waals surface area (Å²) in [5.41, 5.74) is 0.906. The van der Waals surface area contributed by atoms with Crippen LogP contribution in [0.5, 0.6) is 0 Å². The lowest BCUT2D eigenvalue weighted by Gasteiger charge is -2.09. The van der Waals surface area contributed by atoms with Gasteiger partial charge in [-0.25, -0.2) is 13.1 Å². The zero-order valence-corrected chi connectivity index (χ0v) is 16.0. The molecule has 0 heterocycles. The Morgan fingerprint density at radius 3 is 2.44 bits per heavy atom. The number of rotatable bonds is 7. The van der Waals surface area contributed by atoms with Gasteiger partial charge in [-0.2, -0.15) is 0 Å². The maximum absolute atomic E-state index is 12.1. The fourth-order valence-electron chi connectivity index (χ4n) is 2.63. The molecule has 1 N–H and O–H groups in total. The van der Waals surface area contributed by atoms with Crippen LogP contribution >= 0.6 is 11.6 Å². The number of ether oxygens (including phenoxy) is 1. The van der Waals surface area contributed by atoms with Gasteiger partial charge in [0.2, 0.25) is 10.0 Å². The molecule has 5 nitrogen and oxygen atoms in total. The first-order valence-corrected chi connectivity index (χ1v) is 10.2. The first-order valence-electron chi connectivity index (χ1n) is 8.33. The zero-order valence-electron chi connectivity index (χ0n) is 14.4. The average molecular weight is 404 g/mol. The molecular formula is C20H18ClNO4S. The maximum atomic E-state index is 12.1. The largest absolute Gasteiger partial charge is 0.461 e. The highest BCUT2D eigenvalue weighted by atomic mass is 35.5. The molecule has 7 heteroatoms. The van der Waals surface area contributed by atoms with Crippen LogP contribution in [0.4, 0.5) is 0 Å². The SMILES string of the molecule is O=C(CCNS(=O)(=O)c1ccc(Cl)cc1)OCc1cccc2ccccc12. The zero-order chi connectivity index (χ0) is 19.3. The maximum Gasteiger partial charge on any atom is 0.307 e. The number of hydrogen-bond acceptors (Lipinski definition) is 4. The van der Waals surface area contributed by atoms with Crippen LogP contribution in [0.2, 0.25) is 5.02 Å². The molecule has 0 fully saturated rings. The molecule has 0 aromatic heterocycles. The van der Waals surface area contributed by atoms with Gasteiger partial charge in [-0.1, -0.05) is 54.1 Å². The quantitative estimate of drug-likeness (QED) is 0.607. The normalized spacial score (nSPS) is 11.4. The Hall–Kier alpha value is -2.41. The number of hydrogen-bond donors (Lipinski definition) is 1. The molecule has 27 heavy (non-hydrogen) atoms. The van der Waals surface area contributed by atoms with E-state index in [0.29, 0.717) is 5.02 Å². The van der Waals surface area contributed by atoms with Crippen LogP contribution in [0.1, 0.15) is 12.0 Å². The predicted octanol–water partition coefficient (Wildman–Crippen LogP) is 3.91. The van der Waals surface area contributed by atoms with E-state index in [1.807, 2.05) is 42.5 Å². The molecule has 0 spiro atoms. The summed E-state index contributed by atoms with van der Waals surface area (Å²) < 4.78 is 32.0. The van der Waals surface area contributed by atoms with Crippen molar-refractivity contribution in [3.8, 4) is 0 Å². The standard InChI is InChI=1S/C20H18ClNO4S/c21-17-8-10-18(11-9-17)27(24,25)22-13-12-20(23)26-14-16-6-3-5-15-4-1-2-7-19(15)16/h1-11,22H,12-14H2. The van der Waals surface area contributed by atoms with Gasteiger partial charge in [0.05, 0.1) is 11.3 Å². The van der Waals surface area contributed by atoms with Crippen LogP contribution < -0.4 is 4.72 Å². The van der Waals surface area contributed by atoms with E-state index in [9.17, 15) is 13.2 Å². The molecule has 3 aromatic rings. The van der Waals surface area contributed by atoms with Crippen LogP contribution in [0.3, 0.4) is 0 Å². The third-order valence-corrected chi connectivity index (χ3v) is 5.74. The molecule has 0 bridgehead atoms. The number of benzene rings is 3. The molecule has 3 aromatic carbocycles. The molecule has 0 aliphatic rings. The third-order valence-electron chi connectivity index (χ3n) is 4.01. The number of sulfonamides is 1. The molecule has 0 saturated heterocycles. The van der Waals surface area contributed by atoms with Crippen LogP contribution in [-0.4, -0.2) is 20.9 Å². The smallest absolute Gasteiger partial charge is 0.307 e. The van der Waals surface area contributed by atoms with Crippen LogP contribution in [0.25, 0.3) is 10.8 Å². The van der Waals surface area contributed by atoms with E-state index < -0.39 is 16.0 Å². The Balaban J connectivity index is 1.52. The Morgan fingerprint density at radius 1 is 0.963 bits per heavy atom. The van der Waals surface area contributed by atoms with E-state index in [1.165, 1.54) is 24.3 Å². The average Bonchev–Trinajstić information content (AvgIpc) is 2.66. The Labute approximate surface area is 163 Å². The molecule has 0 aliphatic heterocycles. The Bertz CT molecular complexity index is 1040. The minimum absolute atomic E-state index is 0.0423. The van der Waals surface area contributed by atoms with Gasteiger partial charge in [0.1, 0.15) is 6.61 Å². The van der Waals surface area contributed by atoms with Crippen molar-refractivity contribution < 1.29 is 17.9 Å². The second-order valence-electron chi connectivity index (χ2n) is 5.90. The van der Waals surface area contributed by atoms with E-state index in [-0.39, 0.29) is 24.5 Å². The van der Waals surface area contributed by atoms with Gasteiger partial charge >= 0.3 is 5.97 Å². The van der Waals surface area contributed by atoms with Crippen molar-refractivity contribution in [3.63, 3.8) is 0 Å². The lowest BCUT2D eigenvalue weighted by Crippen LogP contribution is -2.26. The second kappa shape index (κ2) is 8.52. The summed E-state index contributed by atoms with van der Waals surface area (Å²) in [7, 11) is -3.69. The molecule has 140 valence electrons. The van der Waals surface area contributed by atoms with Crippen LogP contribution in [-0.2, 0) is 26.2 Å². The number of esters is 1. The second-order valence-corrected chi connectivity index (χ2v) is 8.10. The van der Waals surface area contributed by atoms with Gasteiger partial charge in [0.15, 0.2) is 0 Å². The number of carbonyl (C=O) groups is 1. The molecule has 3 rings (SSSR count). The first-order chi connectivity index (χ1) is 13.0. The highest BCUT2D eigenvalue weighted by Gasteiger charge is 2.14. The summed E-state index contributed by atoms with van der Waals surface area (Å²) >= 11 is 5.75. The van der Waals surface area contributed by atoms with Crippen molar-refractivity contribution >= 4 is 38.4 Å². The minimum atomic E-state index is -3.69. The predicted molar refractivity (Wildman–Crippen MR) is 105 cm³/mol. The van der Waals surface area contributed by atoms with E-state index in [1.54, 1.807) is 0 Å². The van der Waals surface area contributed by atoms with Gasteiger partial charge < -0.3 is 4.74 Å². The summed E-state index contributed by atoms with van der Waals surface area (Å²) in [4.78, 5) is 12.0. The monoisotopic (exact) mass is 403 g/mol. The molecular weight excluding hydrogens is 386 g/mol. The molecule has 0 radical (unpaired) electrons. The molecule has 0 unspecified atom stereocenters. The van der Waals surface area contributed by atoms with Gasteiger partial charge in [-0.05, 0) is 40.6 Å². The number of fused-ring (bicyclic) bond motifs is 1. The van der Waals surface area contributed by atoms with Crippen LogP contribution in [0, 0.1) is 0 Å². The van der Waals surface area contributed by atoms with Gasteiger partial charge in [0.25, 0.3) is 0 Å². The van der Waals surface area contributed by atoms with Crippen molar-refractivity contribution in [3.05, 3.63) is 77.3 Å². The summed E-state index contributed by atoms with van der Waals surface area (Å²) in [6.07, 6.45) is -0.0580. The third kappa shape index (κ3) is 5.07. The van der Waals surface area contributed by atoms with Crippen molar-refractivity contribution in [1.82, 2.24) is 4.72 Å². The molecule has 0 atom stereocenters. The fraction of sp³-hybridized carbons (Fsp3) is 0.150. The lowest BCUT2D eigenvalue weighted by atomic mass is 10.1. The summed E-state index contributed by atoms with van der Waals surface area (Å²) in [6.45, 7) is 0.101. The van der Waals surface area contributed by atoms with E-state index in [4.69, 9.17) is 16.3 Å². The highest BCUT2D eigenvalue weighted by molar-refractivity contribution is 7.89. The number of halogens is 1. The number of nitrogens with one attached hydrogen (secondary N) is 1. The van der Waals surface area contributed by atoms with Crippen molar-refractivity contribution in [2.45, 2.75) is 17.9 Å². The summed E-state index contributed by atoms with van der Waals surface area (Å²) in [5.74, 6) is -0.471. The molecule has 0 amide bonds. The van der Waals surface area contributed by atoms with Crippen molar-refractivity contribution in [2.75, 3.05) is 6.54 Å². The lowest BCUT2D eigenvalue weighted by molar-refractivity contribution is -0.144. The van der Waals surface area contributed by atoms with Crippen molar-refractivity contribution in [2.24, 2.45) is 0 Å². The van der Waals surface area contributed by atoms with Crippen LogP contribution in [0.15, 0.2) is 71.6 Å². The van der Waals surface area contributed by atoms with Gasteiger partial charge in [0, 0.05) is 11.6 Å². The molecule has 0 aliphatic carbocycles.